The molecule has 4 N–H and O–H groups in total. The number of rotatable bonds is 8. The van der Waals surface area contributed by atoms with E-state index in [1.54, 1.807) is 0 Å². The molecule has 1 rings (SSSR count). The van der Waals surface area contributed by atoms with E-state index in [2.05, 4.69) is 57.5 Å². The van der Waals surface area contributed by atoms with Gasteiger partial charge in [0.25, 0.3) is 0 Å². The highest BCUT2D eigenvalue weighted by molar-refractivity contribution is 5.90. The van der Waals surface area contributed by atoms with Crippen LogP contribution in [0.3, 0.4) is 0 Å². The minimum atomic E-state index is 0.320. The zero-order valence-corrected chi connectivity index (χ0v) is 18.2. The summed E-state index contributed by atoms with van der Waals surface area (Å²) in [6.45, 7) is 12.5. The van der Waals surface area contributed by atoms with E-state index in [1.807, 2.05) is 59.2 Å². The molecule has 0 atom stereocenters. The molecule has 6 nitrogen and oxygen atoms in total. The Kier molecular flexibility index (Phi) is 18.1. The number of allylic oxidation sites excluding steroid dienone is 3. The predicted molar refractivity (Wildman–Crippen MR) is 123 cm³/mol. The maximum Gasteiger partial charge on any atom is 0.229 e. The number of guanidine groups is 1. The summed E-state index contributed by atoms with van der Waals surface area (Å²) in [5.74, 6) is 0.797. The van der Waals surface area contributed by atoms with Crippen LogP contribution >= 0.6 is 0 Å². The van der Waals surface area contributed by atoms with Crippen LogP contribution in [-0.4, -0.2) is 22.5 Å². The first-order valence-corrected chi connectivity index (χ1v) is 9.50. The average molecular weight is 385 g/mol. The number of aliphatic imine (C=N–C) groups is 1. The van der Waals surface area contributed by atoms with E-state index in [9.17, 15) is 0 Å². The zero-order chi connectivity index (χ0) is 21.8. The number of nitrogens with zero attached hydrogens (tertiary/aromatic N) is 3. The lowest BCUT2D eigenvalue weighted by molar-refractivity contribution is 0.950. The maximum absolute atomic E-state index is 5.91. The van der Waals surface area contributed by atoms with Gasteiger partial charge in [-0.15, -0.1) is 12.8 Å². The standard InChI is InChI=1S/C18H28N6.C2H6.C2H2/c1-5-7-8-16(13-20-10-6-2)9-11-21-17(19)24-18-22-14(3)12-15(4)23-18;2*1-2/h6-8,10,12-13,20H,5,9,11H2,1-4H3,(H3,19,21,22,23,24);1-2H3;1-2H/b8-7+,10-6+,16-13+;;. The molecular weight excluding hydrogens is 348 g/mol. The van der Waals surface area contributed by atoms with Gasteiger partial charge in [-0.2, -0.15) is 0 Å². The maximum atomic E-state index is 5.91. The summed E-state index contributed by atoms with van der Waals surface area (Å²) < 4.78 is 0. The van der Waals surface area contributed by atoms with Gasteiger partial charge in [0.1, 0.15) is 0 Å². The van der Waals surface area contributed by atoms with Crippen molar-refractivity contribution in [2.24, 2.45) is 10.7 Å². The van der Waals surface area contributed by atoms with Crippen molar-refractivity contribution < 1.29 is 0 Å². The predicted octanol–water partition coefficient (Wildman–Crippen LogP) is 4.46. The number of aryl methyl sites for hydroxylation is 2. The molecule has 0 aromatic carbocycles. The highest BCUT2D eigenvalue weighted by Crippen LogP contribution is 2.05. The molecule has 154 valence electrons. The van der Waals surface area contributed by atoms with E-state index in [0.717, 1.165) is 29.8 Å². The van der Waals surface area contributed by atoms with Crippen molar-refractivity contribution in [2.75, 3.05) is 11.9 Å². The molecule has 0 radical (unpaired) electrons. The van der Waals surface area contributed by atoms with Crippen LogP contribution in [0.1, 0.15) is 51.9 Å². The third-order valence-electron chi connectivity index (χ3n) is 3.00. The molecule has 0 unspecified atom stereocenters. The third-order valence-corrected chi connectivity index (χ3v) is 3.00. The highest BCUT2D eigenvalue weighted by Gasteiger charge is 2.01. The van der Waals surface area contributed by atoms with Gasteiger partial charge in [-0.1, -0.05) is 39.0 Å². The second kappa shape index (κ2) is 18.7. The van der Waals surface area contributed by atoms with Gasteiger partial charge in [0.05, 0.1) is 0 Å². The average Bonchev–Trinajstić information content (AvgIpc) is 2.68. The van der Waals surface area contributed by atoms with Crippen molar-refractivity contribution in [3.63, 3.8) is 0 Å². The fraction of sp³-hybridized carbons (Fsp3) is 0.409. The number of aromatic nitrogens is 2. The molecule has 1 aromatic rings. The molecule has 1 aromatic heterocycles. The quantitative estimate of drug-likeness (QED) is 0.266. The molecule has 0 aliphatic carbocycles. The third kappa shape index (κ3) is 14.1. The van der Waals surface area contributed by atoms with Gasteiger partial charge < -0.3 is 11.1 Å². The Morgan fingerprint density at radius 3 is 2.36 bits per heavy atom. The molecule has 0 amide bonds. The lowest BCUT2D eigenvalue weighted by Gasteiger charge is -2.06. The molecule has 0 fully saturated rings. The SMILES string of the molecule is C#C.C/C=C/N/C=C(\C=C\CC)CCN=C(N)Nc1nc(C)cc(C)n1.CC. The van der Waals surface area contributed by atoms with Gasteiger partial charge >= 0.3 is 0 Å². The normalized spacial score (nSPS) is 11.4. The largest absolute Gasteiger partial charge is 0.370 e. The minimum absolute atomic E-state index is 0.320. The molecular formula is C22H36N6. The first kappa shape index (κ1) is 27.2. The van der Waals surface area contributed by atoms with E-state index < -0.39 is 0 Å². The Hall–Kier alpha value is -3.07. The van der Waals surface area contributed by atoms with Crippen LogP contribution in [-0.2, 0) is 0 Å². The van der Waals surface area contributed by atoms with Crippen molar-refractivity contribution in [2.45, 2.75) is 54.4 Å². The van der Waals surface area contributed by atoms with Gasteiger partial charge in [0, 0.05) is 24.1 Å². The first-order valence-electron chi connectivity index (χ1n) is 9.50. The van der Waals surface area contributed by atoms with E-state index in [1.165, 1.54) is 0 Å². The molecule has 28 heavy (non-hydrogen) atoms. The molecule has 0 spiro atoms. The van der Waals surface area contributed by atoms with Gasteiger partial charge in [0.2, 0.25) is 5.95 Å². The minimum Gasteiger partial charge on any atom is -0.370 e. The summed E-state index contributed by atoms with van der Waals surface area (Å²) in [6, 6.07) is 1.91. The van der Waals surface area contributed by atoms with Crippen LogP contribution in [0, 0.1) is 26.7 Å². The van der Waals surface area contributed by atoms with Crippen LogP contribution in [0.2, 0.25) is 0 Å². The molecule has 1 heterocycles. The summed E-state index contributed by atoms with van der Waals surface area (Å²) in [5, 5.41) is 6.06. The molecule has 0 saturated carbocycles. The van der Waals surface area contributed by atoms with Crippen LogP contribution in [0.5, 0.6) is 0 Å². The van der Waals surface area contributed by atoms with E-state index in [4.69, 9.17) is 5.73 Å². The van der Waals surface area contributed by atoms with Crippen LogP contribution in [0.15, 0.2) is 47.3 Å². The second-order valence-electron chi connectivity index (χ2n) is 5.31. The Morgan fingerprint density at radius 1 is 1.21 bits per heavy atom. The summed E-state index contributed by atoms with van der Waals surface area (Å²) in [6.07, 6.45) is 19.8. The smallest absolute Gasteiger partial charge is 0.229 e. The van der Waals surface area contributed by atoms with Gasteiger partial charge in [-0.05, 0) is 51.5 Å². The first-order chi connectivity index (χ1) is 13.5. The van der Waals surface area contributed by atoms with Crippen molar-refractivity contribution in [1.29, 1.82) is 0 Å². The molecule has 0 saturated heterocycles. The van der Waals surface area contributed by atoms with E-state index in [0.29, 0.717) is 18.5 Å². The number of hydrogen-bond donors (Lipinski definition) is 3. The topological polar surface area (TPSA) is 88.2 Å². The monoisotopic (exact) mass is 384 g/mol. The Labute approximate surface area is 171 Å². The molecule has 6 heteroatoms. The van der Waals surface area contributed by atoms with Crippen LogP contribution < -0.4 is 16.4 Å². The summed E-state index contributed by atoms with van der Waals surface area (Å²) in [7, 11) is 0. The second-order valence-corrected chi connectivity index (χ2v) is 5.31. The van der Waals surface area contributed by atoms with Crippen molar-refractivity contribution in [1.82, 2.24) is 15.3 Å². The molecule has 0 aliphatic heterocycles. The number of anilines is 1. The number of nitrogens with two attached hydrogens (primary N) is 1. The van der Waals surface area contributed by atoms with Gasteiger partial charge in [-0.3, -0.25) is 10.3 Å². The Bertz CT molecular complexity index is 649. The highest BCUT2D eigenvalue weighted by atomic mass is 15.2. The van der Waals surface area contributed by atoms with E-state index in [-0.39, 0.29) is 0 Å². The molecule has 0 bridgehead atoms. The van der Waals surface area contributed by atoms with Gasteiger partial charge in [0.15, 0.2) is 5.96 Å². The zero-order valence-electron chi connectivity index (χ0n) is 18.2. The van der Waals surface area contributed by atoms with Crippen molar-refractivity contribution >= 4 is 11.9 Å². The number of nitrogens with one attached hydrogen (secondary N) is 2. The molecule has 0 aliphatic rings. The Morgan fingerprint density at radius 2 is 1.82 bits per heavy atom. The number of hydrogen-bond acceptors (Lipinski definition) is 4. The van der Waals surface area contributed by atoms with Gasteiger partial charge in [-0.25, -0.2) is 9.97 Å². The number of terminal acetylenes is 1. The fourth-order valence-corrected chi connectivity index (χ4v) is 1.97. The lowest BCUT2D eigenvalue weighted by Crippen LogP contribution is -2.24. The summed E-state index contributed by atoms with van der Waals surface area (Å²) >= 11 is 0. The van der Waals surface area contributed by atoms with Crippen LogP contribution in [0.4, 0.5) is 5.95 Å². The van der Waals surface area contributed by atoms with Crippen LogP contribution in [0.25, 0.3) is 0 Å². The lowest BCUT2D eigenvalue weighted by atomic mass is 10.2. The van der Waals surface area contributed by atoms with Crippen molar-refractivity contribution in [3.8, 4) is 12.8 Å². The summed E-state index contributed by atoms with van der Waals surface area (Å²) in [5.41, 5.74) is 8.85. The fourth-order valence-electron chi connectivity index (χ4n) is 1.97. The van der Waals surface area contributed by atoms with Crippen molar-refractivity contribution in [3.05, 3.63) is 53.7 Å². The Balaban J connectivity index is 0. The van der Waals surface area contributed by atoms with E-state index >= 15 is 0 Å². The summed E-state index contributed by atoms with van der Waals surface area (Å²) in [4.78, 5) is 12.9.